The molecule has 2 aliphatic heterocycles. The Morgan fingerprint density at radius 3 is 1.91 bits per heavy atom. The molecule has 2 unspecified atom stereocenters. The van der Waals surface area contributed by atoms with Crippen LogP contribution in [-0.4, -0.2) is 96.9 Å². The van der Waals surface area contributed by atoms with Crippen LogP contribution in [0.3, 0.4) is 0 Å². The van der Waals surface area contributed by atoms with Crippen molar-refractivity contribution in [2.45, 2.75) is 166 Å². The molecule has 3 atom stereocenters. The number of thiazole rings is 1. The zero-order valence-electron chi connectivity index (χ0n) is 34.0. The van der Waals surface area contributed by atoms with Crippen molar-refractivity contribution in [1.29, 1.82) is 0 Å². The molecule has 0 bridgehead atoms. The number of fused-ring (bicyclic) bond motifs is 1. The number of hydrogen-bond donors (Lipinski definition) is 2. The average molecular weight is 822 g/mol. The Morgan fingerprint density at radius 2 is 1.39 bits per heavy atom. The molecule has 15 heteroatoms. The Kier molecular flexibility index (Phi) is 24.7. The largest absolute Gasteiger partial charge is 0.456 e. The summed E-state index contributed by atoms with van der Waals surface area (Å²) >= 11 is 2.43. The summed E-state index contributed by atoms with van der Waals surface area (Å²) < 4.78 is 17.9. The van der Waals surface area contributed by atoms with Crippen LogP contribution in [0.4, 0.5) is 5.13 Å². The van der Waals surface area contributed by atoms with Crippen LogP contribution < -0.4 is 10.6 Å². The molecule has 3 amide bonds. The molecule has 56 heavy (non-hydrogen) atoms. The molecule has 13 nitrogen and oxygen atoms in total. The SMILES string of the molecule is CCCCCCCCCCCCOCC(COCCCCCCCCCCCC)OC(=O)C1C=CS[C@@H]2C(NC(=O)C(=NOC)c3csc(NC=O)n3)C(=O)N12. The molecule has 0 spiro atoms. The number of ether oxygens (including phenoxy) is 3. The maximum atomic E-state index is 13.6. The summed E-state index contributed by atoms with van der Waals surface area (Å²) in [6.45, 7) is 6.08. The normalized spacial score (nSPS) is 17.8. The lowest BCUT2D eigenvalue weighted by atomic mass is 10.0. The Hall–Kier alpha value is -3.01. The fourth-order valence-electron chi connectivity index (χ4n) is 6.71. The van der Waals surface area contributed by atoms with Crippen molar-refractivity contribution >= 4 is 58.1 Å². The summed E-state index contributed by atoms with van der Waals surface area (Å²) in [4.78, 5) is 61.5. The van der Waals surface area contributed by atoms with Crippen molar-refractivity contribution in [2.75, 3.05) is 38.9 Å². The van der Waals surface area contributed by atoms with Crippen LogP contribution in [0.1, 0.15) is 148 Å². The summed E-state index contributed by atoms with van der Waals surface area (Å²) in [5.41, 5.74) is 0.0245. The first-order valence-electron chi connectivity index (χ1n) is 21.0. The number of hydrogen-bond acceptors (Lipinski definition) is 12. The fourth-order valence-corrected chi connectivity index (χ4v) is 8.47. The molecule has 2 aliphatic rings. The van der Waals surface area contributed by atoms with Crippen LogP contribution in [0.15, 0.2) is 22.0 Å². The molecular weight excluding hydrogens is 755 g/mol. The van der Waals surface area contributed by atoms with Gasteiger partial charge in [0.25, 0.3) is 5.91 Å². The minimum absolute atomic E-state index is 0.153. The van der Waals surface area contributed by atoms with Gasteiger partial charge >= 0.3 is 5.97 Å². The molecule has 2 N–H and O–H groups in total. The number of carbonyl (C=O) groups is 4. The van der Waals surface area contributed by atoms with Crippen LogP contribution in [0.2, 0.25) is 0 Å². The maximum Gasteiger partial charge on any atom is 0.333 e. The standard InChI is InChI=1S/C41H67N5O8S2/c1-4-6-8-10-12-14-16-18-20-22-25-52-28-32(29-53-26-23-21-19-17-15-13-11-9-7-5-2)54-40(50)34-24-27-55-39-36(38(49)46(34)39)44-37(48)35(45-51-3)33-30-56-41(43-33)42-31-47/h24,27,30-32,34,36,39H,4-23,25-26,28-29H2,1-3H3,(H,44,48)(H,42,43,47)/t34?,36?,39-/m1/s1. The monoisotopic (exact) mass is 821 g/mol. The number of unbranched alkanes of at least 4 members (excludes halogenated alkanes) is 18. The summed E-state index contributed by atoms with van der Waals surface area (Å²) in [6.07, 6.45) is 26.3. The van der Waals surface area contributed by atoms with Gasteiger partial charge in [-0.25, -0.2) is 9.78 Å². The maximum absolute atomic E-state index is 13.6. The van der Waals surface area contributed by atoms with Crippen LogP contribution in [0.5, 0.6) is 0 Å². The van der Waals surface area contributed by atoms with Crippen LogP contribution in [0, 0.1) is 0 Å². The number of thioether (sulfide) groups is 1. The molecule has 1 saturated heterocycles. The molecule has 0 radical (unpaired) electrons. The third-order valence-electron chi connectivity index (χ3n) is 9.89. The van der Waals surface area contributed by atoms with Crippen molar-refractivity contribution < 1.29 is 38.2 Å². The number of carbonyl (C=O) groups excluding carboxylic acids is 4. The average Bonchev–Trinajstić information content (AvgIpc) is 3.67. The highest BCUT2D eigenvalue weighted by Gasteiger charge is 2.54. The number of amides is 3. The number of esters is 1. The smallest absolute Gasteiger partial charge is 0.333 e. The van der Waals surface area contributed by atoms with Crippen molar-refractivity contribution in [3.8, 4) is 0 Å². The van der Waals surface area contributed by atoms with E-state index in [-0.39, 0.29) is 29.8 Å². The Balaban J connectivity index is 1.47. The van der Waals surface area contributed by atoms with Crippen molar-refractivity contribution in [3.05, 3.63) is 22.6 Å². The zero-order chi connectivity index (χ0) is 40.2. The van der Waals surface area contributed by atoms with Gasteiger partial charge in [-0.05, 0) is 24.3 Å². The van der Waals surface area contributed by atoms with Crippen LogP contribution in [0.25, 0.3) is 0 Å². The Labute approximate surface area is 342 Å². The number of aromatic nitrogens is 1. The molecule has 316 valence electrons. The number of rotatable bonds is 34. The van der Waals surface area contributed by atoms with Gasteiger partial charge in [-0.15, -0.1) is 23.1 Å². The van der Waals surface area contributed by atoms with E-state index in [1.54, 1.807) is 16.9 Å². The molecule has 1 aromatic heterocycles. The predicted octanol–water partition coefficient (Wildman–Crippen LogP) is 8.13. The third kappa shape index (κ3) is 17.2. The minimum Gasteiger partial charge on any atom is -0.456 e. The van der Waals surface area contributed by atoms with Gasteiger partial charge in [0.1, 0.15) is 36.4 Å². The first kappa shape index (κ1) is 47.4. The number of nitrogens with zero attached hydrogens (tertiary/aromatic N) is 3. The van der Waals surface area contributed by atoms with Gasteiger partial charge in [0.2, 0.25) is 12.3 Å². The van der Waals surface area contributed by atoms with Gasteiger partial charge in [-0.3, -0.25) is 14.4 Å². The molecule has 0 aliphatic carbocycles. The highest BCUT2D eigenvalue weighted by atomic mass is 32.2. The molecule has 1 fully saturated rings. The summed E-state index contributed by atoms with van der Waals surface area (Å²) in [5.74, 6) is -1.67. The second kappa shape index (κ2) is 29.2. The van der Waals surface area contributed by atoms with E-state index in [1.165, 1.54) is 127 Å². The van der Waals surface area contributed by atoms with Crippen LogP contribution in [-0.2, 0) is 38.2 Å². The van der Waals surface area contributed by atoms with E-state index in [2.05, 4.69) is 34.6 Å². The van der Waals surface area contributed by atoms with Gasteiger partial charge < -0.3 is 34.6 Å². The van der Waals surface area contributed by atoms with E-state index >= 15 is 0 Å². The number of anilines is 1. The number of nitrogens with one attached hydrogen (secondary N) is 2. The van der Waals surface area contributed by atoms with Gasteiger partial charge in [0.05, 0.1) is 13.2 Å². The lowest BCUT2D eigenvalue weighted by Crippen LogP contribution is -2.73. The highest BCUT2D eigenvalue weighted by Crippen LogP contribution is 2.37. The second-order valence-electron chi connectivity index (χ2n) is 14.5. The fraction of sp³-hybridized carbons (Fsp3) is 0.756. The zero-order valence-corrected chi connectivity index (χ0v) is 35.6. The van der Waals surface area contributed by atoms with Crippen LogP contribution >= 0.6 is 23.1 Å². The quantitative estimate of drug-likeness (QED) is 0.0174. The lowest BCUT2D eigenvalue weighted by Gasteiger charge is -2.50. The van der Waals surface area contributed by atoms with E-state index in [4.69, 9.17) is 19.0 Å². The molecule has 0 saturated carbocycles. The first-order valence-corrected chi connectivity index (χ1v) is 22.9. The molecular formula is C41H67N5O8S2. The van der Waals surface area contributed by atoms with Gasteiger partial charge in [0.15, 0.2) is 10.8 Å². The van der Waals surface area contributed by atoms with E-state index in [9.17, 15) is 19.2 Å². The number of oxime groups is 1. The summed E-state index contributed by atoms with van der Waals surface area (Å²) in [6, 6.07) is -1.86. The third-order valence-corrected chi connectivity index (χ3v) is 11.8. The van der Waals surface area contributed by atoms with E-state index in [0.29, 0.717) is 19.6 Å². The molecule has 3 heterocycles. The molecule has 0 aromatic carbocycles. The van der Waals surface area contributed by atoms with E-state index in [1.807, 2.05) is 0 Å². The van der Waals surface area contributed by atoms with Gasteiger partial charge in [0, 0.05) is 18.6 Å². The van der Waals surface area contributed by atoms with E-state index in [0.717, 1.165) is 37.0 Å². The Bertz CT molecular complexity index is 1320. The lowest BCUT2D eigenvalue weighted by molar-refractivity contribution is -0.169. The van der Waals surface area contributed by atoms with Crippen molar-refractivity contribution in [2.24, 2.45) is 5.16 Å². The van der Waals surface area contributed by atoms with Crippen molar-refractivity contribution in [1.82, 2.24) is 15.2 Å². The topological polar surface area (TPSA) is 158 Å². The molecule has 1 aromatic rings. The van der Waals surface area contributed by atoms with Gasteiger partial charge in [-0.2, -0.15) is 0 Å². The van der Waals surface area contributed by atoms with E-state index < -0.39 is 41.3 Å². The Morgan fingerprint density at radius 1 is 0.857 bits per heavy atom. The summed E-state index contributed by atoms with van der Waals surface area (Å²) in [7, 11) is 1.29. The number of β-lactam (4-membered cyclic amide) rings is 1. The first-order chi connectivity index (χ1) is 27.4. The predicted molar refractivity (Wildman–Crippen MR) is 224 cm³/mol. The molecule has 3 rings (SSSR count). The minimum atomic E-state index is -0.948. The highest BCUT2D eigenvalue weighted by molar-refractivity contribution is 8.02. The van der Waals surface area contributed by atoms with Crippen molar-refractivity contribution in [3.63, 3.8) is 0 Å². The second-order valence-corrected chi connectivity index (χ2v) is 16.4. The summed E-state index contributed by atoms with van der Waals surface area (Å²) in [5, 5.41) is 12.0. The van der Waals surface area contributed by atoms with Gasteiger partial charge in [-0.1, -0.05) is 135 Å².